The molecule has 0 amide bonds. The predicted molar refractivity (Wildman–Crippen MR) is 58.6 cm³/mol. The first-order valence-electron chi connectivity index (χ1n) is 5.00. The summed E-state index contributed by atoms with van der Waals surface area (Å²) in [5.74, 6) is 0.901. The minimum atomic E-state index is 0.685. The summed E-state index contributed by atoms with van der Waals surface area (Å²) in [6.07, 6.45) is 3.51. The van der Waals surface area contributed by atoms with E-state index in [1.807, 2.05) is 0 Å². The molecule has 1 aromatic heterocycles. The molecule has 1 aliphatic rings. The normalized spacial score (nSPS) is 14.4. The summed E-state index contributed by atoms with van der Waals surface area (Å²) in [7, 11) is 0. The van der Waals surface area contributed by atoms with Gasteiger partial charge in [0.15, 0.2) is 5.16 Å². The molecule has 0 atom stereocenters. The number of rotatable bonds is 3. The molecule has 2 N–H and O–H groups in total. The third-order valence-corrected chi connectivity index (χ3v) is 3.35. The van der Waals surface area contributed by atoms with Crippen LogP contribution in [0.25, 0.3) is 0 Å². The van der Waals surface area contributed by atoms with Crippen molar-refractivity contribution in [2.24, 2.45) is 5.73 Å². The van der Waals surface area contributed by atoms with Gasteiger partial charge in [0.05, 0.1) is 0 Å². The smallest absolute Gasteiger partial charge is 0.188 e. The number of hydrogen-bond acceptors (Lipinski definition) is 4. The number of hydrogen-bond donors (Lipinski definition) is 1. The Hall–Kier alpha value is -0.610. The molecular formula is C10H15N3S. The Morgan fingerprint density at radius 1 is 1.36 bits per heavy atom. The fraction of sp³-hybridized carbons (Fsp3) is 0.600. The molecule has 0 radical (unpaired) electrons. The molecule has 1 heterocycles. The van der Waals surface area contributed by atoms with Gasteiger partial charge < -0.3 is 5.73 Å². The van der Waals surface area contributed by atoms with E-state index in [-0.39, 0.29) is 0 Å². The molecule has 0 bridgehead atoms. The van der Waals surface area contributed by atoms with Crippen LogP contribution in [0.5, 0.6) is 0 Å². The highest BCUT2D eigenvalue weighted by atomic mass is 32.2. The Balaban J connectivity index is 2.23. The minimum absolute atomic E-state index is 0.685. The first-order chi connectivity index (χ1) is 6.81. The molecule has 0 saturated heterocycles. The van der Waals surface area contributed by atoms with E-state index in [1.165, 1.54) is 17.7 Å². The van der Waals surface area contributed by atoms with Crippen molar-refractivity contribution >= 4 is 11.8 Å². The predicted octanol–water partition coefficient (Wildman–Crippen LogP) is 1.32. The Bertz CT molecular complexity index is 338. The molecule has 76 valence electrons. The summed E-state index contributed by atoms with van der Waals surface area (Å²) in [4.78, 5) is 9.03. The third-order valence-electron chi connectivity index (χ3n) is 2.47. The van der Waals surface area contributed by atoms with Crippen molar-refractivity contribution in [2.45, 2.75) is 31.3 Å². The van der Waals surface area contributed by atoms with Gasteiger partial charge in [0.1, 0.15) is 0 Å². The van der Waals surface area contributed by atoms with Crippen molar-refractivity contribution in [1.82, 2.24) is 9.97 Å². The molecule has 14 heavy (non-hydrogen) atoms. The largest absolute Gasteiger partial charge is 0.330 e. The van der Waals surface area contributed by atoms with Crippen molar-refractivity contribution in [2.75, 3.05) is 12.3 Å². The van der Waals surface area contributed by atoms with Gasteiger partial charge in [0.25, 0.3) is 0 Å². The standard InChI is InChI=1S/C10H15N3S/c1-7-8-3-2-4-9(8)13-10(12-7)14-6-5-11/h2-6,11H2,1H3. The quantitative estimate of drug-likeness (QED) is 0.602. The van der Waals surface area contributed by atoms with Gasteiger partial charge in [0, 0.05) is 23.7 Å². The van der Waals surface area contributed by atoms with Gasteiger partial charge in [-0.25, -0.2) is 9.97 Å². The second-order valence-corrected chi connectivity index (χ2v) is 4.57. The summed E-state index contributed by atoms with van der Waals surface area (Å²) in [5, 5.41) is 0.897. The lowest BCUT2D eigenvalue weighted by Gasteiger charge is -2.05. The molecule has 1 aliphatic carbocycles. The average molecular weight is 209 g/mol. The Morgan fingerprint density at radius 3 is 3.00 bits per heavy atom. The van der Waals surface area contributed by atoms with Crippen molar-refractivity contribution < 1.29 is 0 Å². The van der Waals surface area contributed by atoms with Crippen LogP contribution in [0.2, 0.25) is 0 Å². The van der Waals surface area contributed by atoms with Crippen LogP contribution in [0.15, 0.2) is 5.16 Å². The van der Waals surface area contributed by atoms with E-state index in [0.717, 1.165) is 29.4 Å². The molecule has 0 fully saturated rings. The molecule has 0 saturated carbocycles. The topological polar surface area (TPSA) is 51.8 Å². The van der Waals surface area contributed by atoms with E-state index >= 15 is 0 Å². The van der Waals surface area contributed by atoms with Crippen LogP contribution < -0.4 is 5.73 Å². The van der Waals surface area contributed by atoms with Gasteiger partial charge >= 0.3 is 0 Å². The van der Waals surface area contributed by atoms with Crippen molar-refractivity contribution in [1.29, 1.82) is 0 Å². The SMILES string of the molecule is Cc1nc(SCCN)nc2c1CCC2. The summed E-state index contributed by atoms with van der Waals surface area (Å²) >= 11 is 1.65. The van der Waals surface area contributed by atoms with Crippen molar-refractivity contribution in [3.8, 4) is 0 Å². The van der Waals surface area contributed by atoms with Gasteiger partial charge in [0.2, 0.25) is 0 Å². The number of aromatic nitrogens is 2. The van der Waals surface area contributed by atoms with Gasteiger partial charge in [-0.05, 0) is 31.7 Å². The van der Waals surface area contributed by atoms with Crippen LogP contribution in [-0.4, -0.2) is 22.3 Å². The fourth-order valence-electron chi connectivity index (χ4n) is 1.81. The zero-order valence-corrected chi connectivity index (χ0v) is 9.23. The Kier molecular flexibility index (Phi) is 3.03. The number of fused-ring (bicyclic) bond motifs is 1. The van der Waals surface area contributed by atoms with Crippen LogP contribution >= 0.6 is 11.8 Å². The highest BCUT2D eigenvalue weighted by molar-refractivity contribution is 7.99. The lowest BCUT2D eigenvalue weighted by molar-refractivity contribution is 0.868. The first kappa shape index (κ1) is 9.93. The van der Waals surface area contributed by atoms with E-state index in [2.05, 4.69) is 16.9 Å². The summed E-state index contributed by atoms with van der Waals surface area (Å²) in [6, 6.07) is 0. The minimum Gasteiger partial charge on any atom is -0.330 e. The van der Waals surface area contributed by atoms with E-state index < -0.39 is 0 Å². The van der Waals surface area contributed by atoms with Crippen LogP contribution in [0.4, 0.5) is 0 Å². The first-order valence-corrected chi connectivity index (χ1v) is 5.99. The van der Waals surface area contributed by atoms with Crippen LogP contribution in [0.1, 0.15) is 23.4 Å². The second kappa shape index (κ2) is 4.28. The van der Waals surface area contributed by atoms with Gasteiger partial charge in [-0.3, -0.25) is 0 Å². The van der Waals surface area contributed by atoms with Crippen LogP contribution in [-0.2, 0) is 12.8 Å². The molecule has 0 spiro atoms. The average Bonchev–Trinajstić information content (AvgIpc) is 2.63. The maximum atomic E-state index is 5.45. The van der Waals surface area contributed by atoms with Gasteiger partial charge in [-0.15, -0.1) is 0 Å². The third kappa shape index (κ3) is 1.91. The highest BCUT2D eigenvalue weighted by Crippen LogP contribution is 2.24. The van der Waals surface area contributed by atoms with Gasteiger partial charge in [-0.1, -0.05) is 11.8 Å². The van der Waals surface area contributed by atoms with Crippen LogP contribution in [0.3, 0.4) is 0 Å². The van der Waals surface area contributed by atoms with Crippen molar-refractivity contribution in [3.05, 3.63) is 17.0 Å². The number of nitrogens with zero attached hydrogens (tertiary/aromatic N) is 2. The van der Waals surface area contributed by atoms with E-state index in [0.29, 0.717) is 6.54 Å². The summed E-state index contributed by atoms with van der Waals surface area (Å²) < 4.78 is 0. The number of nitrogens with two attached hydrogens (primary N) is 1. The zero-order valence-electron chi connectivity index (χ0n) is 8.42. The Morgan fingerprint density at radius 2 is 2.21 bits per heavy atom. The monoisotopic (exact) mass is 209 g/mol. The molecule has 0 aliphatic heterocycles. The van der Waals surface area contributed by atoms with E-state index in [9.17, 15) is 0 Å². The molecule has 4 heteroatoms. The maximum Gasteiger partial charge on any atom is 0.188 e. The van der Waals surface area contributed by atoms with Gasteiger partial charge in [-0.2, -0.15) is 0 Å². The number of aryl methyl sites for hydroxylation is 2. The second-order valence-electron chi connectivity index (χ2n) is 3.51. The molecule has 3 nitrogen and oxygen atoms in total. The fourth-order valence-corrected chi connectivity index (χ4v) is 2.48. The maximum absolute atomic E-state index is 5.45. The molecule has 0 aromatic carbocycles. The molecule has 0 unspecified atom stereocenters. The lowest BCUT2D eigenvalue weighted by Crippen LogP contribution is -2.04. The van der Waals surface area contributed by atoms with E-state index in [1.54, 1.807) is 11.8 Å². The zero-order chi connectivity index (χ0) is 9.97. The summed E-state index contributed by atoms with van der Waals surface area (Å²) in [6.45, 7) is 2.77. The van der Waals surface area contributed by atoms with E-state index in [4.69, 9.17) is 5.73 Å². The summed E-state index contributed by atoms with van der Waals surface area (Å²) in [5.41, 5.74) is 9.25. The highest BCUT2D eigenvalue weighted by Gasteiger charge is 2.16. The molecular weight excluding hydrogens is 194 g/mol. The Labute approximate surface area is 88.5 Å². The lowest BCUT2D eigenvalue weighted by atomic mass is 10.2. The molecule has 1 aromatic rings. The molecule has 2 rings (SSSR count). The number of thioether (sulfide) groups is 1. The van der Waals surface area contributed by atoms with Crippen LogP contribution in [0, 0.1) is 6.92 Å². The van der Waals surface area contributed by atoms with Crippen molar-refractivity contribution in [3.63, 3.8) is 0 Å².